The van der Waals surface area contributed by atoms with E-state index in [-0.39, 0.29) is 11.5 Å². The molecule has 33 heavy (non-hydrogen) atoms. The predicted molar refractivity (Wildman–Crippen MR) is 125 cm³/mol. The van der Waals surface area contributed by atoms with E-state index < -0.39 is 15.6 Å². The van der Waals surface area contributed by atoms with Gasteiger partial charge in [-0.1, -0.05) is 6.42 Å². The lowest BCUT2D eigenvalue weighted by Gasteiger charge is -2.25. The second-order valence-electron chi connectivity index (χ2n) is 8.13. The molecule has 1 saturated heterocycles. The number of nitrogens with zero attached hydrogens (tertiary/aromatic N) is 3. The minimum absolute atomic E-state index is 0.194. The van der Waals surface area contributed by atoms with Crippen molar-refractivity contribution in [3.8, 4) is 5.75 Å². The van der Waals surface area contributed by atoms with Crippen LogP contribution in [-0.4, -0.2) is 35.4 Å². The normalized spacial score (nSPS) is 15.3. The number of benzene rings is 2. The summed E-state index contributed by atoms with van der Waals surface area (Å²) in [5.74, 6) is 1.24. The molecule has 1 fully saturated rings. The molecule has 3 heterocycles. The molecule has 2 aromatic carbocycles. The number of aromatic nitrogens is 2. The molecule has 2 aromatic heterocycles. The van der Waals surface area contributed by atoms with Crippen molar-refractivity contribution in [2.75, 3.05) is 13.1 Å². The number of sulfonamides is 1. The lowest BCUT2D eigenvalue weighted by atomic mass is 10.2. The molecule has 1 aliphatic heterocycles. The molecule has 1 aliphatic rings. The van der Waals surface area contributed by atoms with Gasteiger partial charge in [-0.05, 0) is 56.2 Å². The van der Waals surface area contributed by atoms with Crippen LogP contribution < -0.4 is 10.4 Å². The van der Waals surface area contributed by atoms with Gasteiger partial charge in [0.1, 0.15) is 23.8 Å². The van der Waals surface area contributed by atoms with Crippen LogP contribution in [0.5, 0.6) is 5.75 Å². The van der Waals surface area contributed by atoms with Gasteiger partial charge in [-0.3, -0.25) is 0 Å². The highest BCUT2D eigenvalue weighted by Gasteiger charge is 2.26. The van der Waals surface area contributed by atoms with Crippen molar-refractivity contribution in [2.24, 2.45) is 0 Å². The van der Waals surface area contributed by atoms with E-state index in [2.05, 4.69) is 4.98 Å². The first-order chi connectivity index (χ1) is 16.0. The van der Waals surface area contributed by atoms with Gasteiger partial charge in [0.25, 0.3) is 0 Å². The lowest BCUT2D eigenvalue weighted by molar-refractivity contribution is 0.290. The molecule has 0 unspecified atom stereocenters. The third-order valence-corrected chi connectivity index (χ3v) is 7.92. The fraction of sp³-hybridized carbons (Fsp3) is 0.333. The fourth-order valence-electron chi connectivity index (χ4n) is 4.32. The summed E-state index contributed by atoms with van der Waals surface area (Å²) >= 11 is 0. The Morgan fingerprint density at radius 2 is 1.82 bits per heavy atom. The Kier molecular flexibility index (Phi) is 5.67. The molecule has 5 rings (SSSR count). The van der Waals surface area contributed by atoms with Crippen LogP contribution in [0.4, 0.5) is 0 Å². The minimum atomic E-state index is -3.53. The van der Waals surface area contributed by atoms with Gasteiger partial charge in [-0.2, -0.15) is 4.31 Å². The van der Waals surface area contributed by atoms with E-state index in [0.717, 1.165) is 30.2 Å². The van der Waals surface area contributed by atoms with Crippen LogP contribution in [0.1, 0.15) is 32.0 Å². The number of fused-ring (bicyclic) bond motifs is 2. The first-order valence-corrected chi connectivity index (χ1v) is 12.6. The van der Waals surface area contributed by atoms with Crippen LogP contribution in [0, 0.1) is 0 Å². The van der Waals surface area contributed by atoms with Gasteiger partial charge >= 0.3 is 5.63 Å². The van der Waals surface area contributed by atoms with Gasteiger partial charge in [-0.15, -0.1) is 0 Å². The standard InChI is InChI=1S/C24H25N3O5S/c1-2-27-21-10-9-19(33(29,30)26-12-4-3-5-13-26)15-20(21)25-23(27)16-31-18-8-6-17-7-11-24(28)32-22(17)14-18/h6-11,14-15H,2-5,12-13,16H2,1H3. The molecule has 0 radical (unpaired) electrons. The number of rotatable bonds is 6. The van der Waals surface area contributed by atoms with Crippen LogP contribution >= 0.6 is 0 Å². The van der Waals surface area contributed by atoms with Crippen molar-refractivity contribution in [3.05, 3.63) is 64.8 Å². The molecule has 8 nitrogen and oxygen atoms in total. The van der Waals surface area contributed by atoms with E-state index in [9.17, 15) is 13.2 Å². The molecule has 0 N–H and O–H groups in total. The lowest BCUT2D eigenvalue weighted by Crippen LogP contribution is -2.35. The smallest absolute Gasteiger partial charge is 0.336 e. The second-order valence-corrected chi connectivity index (χ2v) is 10.1. The summed E-state index contributed by atoms with van der Waals surface area (Å²) in [6, 6.07) is 13.5. The zero-order chi connectivity index (χ0) is 23.0. The van der Waals surface area contributed by atoms with Crippen LogP contribution in [0.25, 0.3) is 22.0 Å². The largest absolute Gasteiger partial charge is 0.486 e. The molecule has 0 spiro atoms. The number of hydrogen-bond acceptors (Lipinski definition) is 6. The Morgan fingerprint density at radius 1 is 1.03 bits per heavy atom. The monoisotopic (exact) mass is 467 g/mol. The summed E-state index contributed by atoms with van der Waals surface area (Å²) in [7, 11) is -3.53. The van der Waals surface area contributed by atoms with Gasteiger partial charge in [-0.25, -0.2) is 18.2 Å². The Balaban J connectivity index is 1.43. The third-order valence-electron chi connectivity index (χ3n) is 6.03. The Hall–Kier alpha value is -3.17. The topological polar surface area (TPSA) is 94.6 Å². The van der Waals surface area contributed by atoms with Crippen molar-refractivity contribution in [3.63, 3.8) is 0 Å². The van der Waals surface area contributed by atoms with E-state index >= 15 is 0 Å². The highest BCUT2D eigenvalue weighted by atomic mass is 32.2. The predicted octanol–water partition coefficient (Wildman–Crippen LogP) is 3.92. The van der Waals surface area contributed by atoms with E-state index in [0.29, 0.717) is 42.3 Å². The van der Waals surface area contributed by atoms with Gasteiger partial charge < -0.3 is 13.7 Å². The summed E-state index contributed by atoms with van der Waals surface area (Å²) in [6.07, 6.45) is 2.86. The average Bonchev–Trinajstić information content (AvgIpc) is 3.19. The van der Waals surface area contributed by atoms with Crippen molar-refractivity contribution in [1.82, 2.24) is 13.9 Å². The van der Waals surface area contributed by atoms with Gasteiger partial charge in [0, 0.05) is 37.2 Å². The maximum absolute atomic E-state index is 13.1. The summed E-state index contributed by atoms with van der Waals surface area (Å²) in [5.41, 5.74) is 1.52. The number of ether oxygens (including phenoxy) is 1. The number of piperidine rings is 1. The summed E-state index contributed by atoms with van der Waals surface area (Å²) < 4.78 is 40.9. The molecule has 0 bridgehead atoms. The van der Waals surface area contributed by atoms with E-state index in [1.165, 1.54) is 6.07 Å². The molecular formula is C24H25N3O5S. The quantitative estimate of drug-likeness (QED) is 0.399. The second kappa shape index (κ2) is 8.64. The van der Waals surface area contributed by atoms with E-state index in [1.807, 2.05) is 29.7 Å². The fourth-order valence-corrected chi connectivity index (χ4v) is 5.85. The van der Waals surface area contributed by atoms with E-state index in [4.69, 9.17) is 9.15 Å². The third kappa shape index (κ3) is 4.14. The highest BCUT2D eigenvalue weighted by Crippen LogP contribution is 2.26. The van der Waals surface area contributed by atoms with E-state index in [1.54, 1.807) is 28.6 Å². The maximum atomic E-state index is 13.1. The molecule has 4 aromatic rings. The van der Waals surface area contributed by atoms with Crippen LogP contribution in [0.15, 0.2) is 62.6 Å². The zero-order valence-corrected chi connectivity index (χ0v) is 19.2. The molecular weight excluding hydrogens is 442 g/mol. The summed E-state index contributed by atoms with van der Waals surface area (Å²) in [4.78, 5) is 16.4. The minimum Gasteiger partial charge on any atom is -0.486 e. The maximum Gasteiger partial charge on any atom is 0.336 e. The van der Waals surface area contributed by atoms with Gasteiger partial charge in [0.05, 0.1) is 15.9 Å². The van der Waals surface area contributed by atoms with Crippen molar-refractivity contribution in [2.45, 2.75) is 44.2 Å². The average molecular weight is 468 g/mol. The number of imidazole rings is 1. The molecule has 0 atom stereocenters. The van der Waals surface area contributed by atoms with Crippen molar-refractivity contribution >= 4 is 32.0 Å². The van der Waals surface area contributed by atoms with Crippen LogP contribution in [0.3, 0.4) is 0 Å². The Morgan fingerprint density at radius 3 is 2.61 bits per heavy atom. The molecule has 0 saturated carbocycles. The summed E-state index contributed by atoms with van der Waals surface area (Å²) in [6.45, 7) is 4.00. The highest BCUT2D eigenvalue weighted by molar-refractivity contribution is 7.89. The first-order valence-electron chi connectivity index (χ1n) is 11.1. The van der Waals surface area contributed by atoms with Crippen LogP contribution in [0.2, 0.25) is 0 Å². The van der Waals surface area contributed by atoms with Crippen molar-refractivity contribution in [1.29, 1.82) is 0 Å². The SMILES string of the molecule is CCn1c(COc2ccc3ccc(=O)oc3c2)nc2cc(S(=O)(=O)N3CCCCC3)ccc21. The Bertz CT molecular complexity index is 1480. The molecule has 0 aliphatic carbocycles. The molecule has 172 valence electrons. The summed E-state index contributed by atoms with van der Waals surface area (Å²) in [5, 5.41) is 0.810. The van der Waals surface area contributed by atoms with Crippen molar-refractivity contribution < 1.29 is 17.6 Å². The first kappa shape index (κ1) is 21.7. The molecule has 9 heteroatoms. The number of aryl methyl sites for hydroxylation is 1. The van der Waals surface area contributed by atoms with Gasteiger partial charge in [0.2, 0.25) is 10.0 Å². The Labute approximate surface area is 191 Å². The van der Waals surface area contributed by atoms with Gasteiger partial charge in [0.15, 0.2) is 0 Å². The van der Waals surface area contributed by atoms with Crippen LogP contribution in [-0.2, 0) is 23.2 Å². The number of hydrogen-bond donors (Lipinski definition) is 0. The molecule has 0 amide bonds. The zero-order valence-electron chi connectivity index (χ0n) is 18.4.